The first-order chi connectivity index (χ1) is 8.61. The lowest BCUT2D eigenvalue weighted by Gasteiger charge is -2.16. The van der Waals surface area contributed by atoms with Crippen LogP contribution >= 0.6 is 15.9 Å². The van der Waals surface area contributed by atoms with Crippen molar-refractivity contribution in [3.05, 3.63) is 0 Å². The molecule has 106 valence electrons. The third-order valence-corrected chi connectivity index (χ3v) is 3.14. The average Bonchev–Trinajstić information content (AvgIpc) is 2.32. The van der Waals surface area contributed by atoms with Crippen LogP contribution in [0.15, 0.2) is 0 Å². The zero-order chi connectivity index (χ0) is 13.8. The van der Waals surface area contributed by atoms with E-state index in [1.54, 1.807) is 6.92 Å². The summed E-state index contributed by atoms with van der Waals surface area (Å²) < 4.78 is 4.94. The fourth-order valence-electron chi connectivity index (χ4n) is 1.71. The van der Waals surface area contributed by atoms with Crippen LogP contribution in [0.5, 0.6) is 0 Å². The quantitative estimate of drug-likeness (QED) is 0.382. The van der Waals surface area contributed by atoms with E-state index in [1.807, 2.05) is 0 Å². The van der Waals surface area contributed by atoms with E-state index in [9.17, 15) is 9.59 Å². The Labute approximate surface area is 118 Å². The van der Waals surface area contributed by atoms with Crippen LogP contribution in [0.4, 0.5) is 0 Å². The van der Waals surface area contributed by atoms with Crippen molar-refractivity contribution in [3.63, 3.8) is 0 Å². The third kappa shape index (κ3) is 9.45. The van der Waals surface area contributed by atoms with Gasteiger partial charge in [-0.15, -0.1) is 0 Å². The molecule has 0 aromatic carbocycles. The van der Waals surface area contributed by atoms with Crippen LogP contribution in [-0.4, -0.2) is 29.9 Å². The van der Waals surface area contributed by atoms with E-state index in [0.29, 0.717) is 13.0 Å². The molecule has 0 radical (unpaired) electrons. The number of ether oxygens (including phenoxy) is 1. The van der Waals surface area contributed by atoms with Gasteiger partial charge in [0.1, 0.15) is 6.04 Å². The van der Waals surface area contributed by atoms with E-state index in [-0.39, 0.29) is 11.9 Å². The number of amides is 1. The van der Waals surface area contributed by atoms with Crippen molar-refractivity contribution in [3.8, 4) is 0 Å². The molecule has 0 fully saturated rings. The number of carbonyl (C=O) groups is 2. The molecule has 1 N–H and O–H groups in total. The fourth-order valence-corrected chi connectivity index (χ4v) is 2.11. The van der Waals surface area contributed by atoms with Crippen LogP contribution < -0.4 is 5.32 Å². The molecule has 0 aliphatic rings. The highest BCUT2D eigenvalue weighted by molar-refractivity contribution is 9.09. The summed E-state index contributed by atoms with van der Waals surface area (Å²) >= 11 is 3.40. The maximum atomic E-state index is 11.6. The first-order valence-electron chi connectivity index (χ1n) is 6.61. The van der Waals surface area contributed by atoms with Crippen LogP contribution in [-0.2, 0) is 14.3 Å². The van der Waals surface area contributed by atoms with Gasteiger partial charge in [0, 0.05) is 12.3 Å². The van der Waals surface area contributed by atoms with Gasteiger partial charge in [-0.25, -0.2) is 4.79 Å². The van der Waals surface area contributed by atoms with Crippen LogP contribution in [0.25, 0.3) is 0 Å². The van der Waals surface area contributed by atoms with E-state index in [1.165, 1.54) is 26.2 Å². The number of carbonyl (C=O) groups excluding carboxylic acids is 2. The number of rotatable bonds is 10. The van der Waals surface area contributed by atoms with Gasteiger partial charge in [-0.1, -0.05) is 41.6 Å². The van der Waals surface area contributed by atoms with E-state index >= 15 is 0 Å². The molecule has 0 aliphatic carbocycles. The molecule has 0 saturated heterocycles. The molecule has 1 unspecified atom stereocenters. The minimum atomic E-state index is -0.487. The molecule has 5 heteroatoms. The molecule has 1 atom stereocenters. The molecule has 1 amide bonds. The molecule has 0 aromatic rings. The molecule has 0 spiro atoms. The summed E-state index contributed by atoms with van der Waals surface area (Å²) in [6.07, 6.45) is 6.24. The minimum absolute atomic E-state index is 0.188. The van der Waals surface area contributed by atoms with Gasteiger partial charge < -0.3 is 10.1 Å². The number of alkyl halides is 1. The topological polar surface area (TPSA) is 55.4 Å². The summed E-state index contributed by atoms with van der Waals surface area (Å²) in [5, 5.41) is 3.69. The Kier molecular flexibility index (Phi) is 11.1. The highest BCUT2D eigenvalue weighted by atomic mass is 79.9. The van der Waals surface area contributed by atoms with Gasteiger partial charge >= 0.3 is 5.97 Å². The van der Waals surface area contributed by atoms with Crippen molar-refractivity contribution in [1.29, 1.82) is 0 Å². The van der Waals surface area contributed by atoms with Crippen LogP contribution in [0, 0.1) is 0 Å². The fraction of sp³-hybridized carbons (Fsp3) is 0.846. The van der Waals surface area contributed by atoms with Gasteiger partial charge in [0.15, 0.2) is 0 Å². The molecular weight excluding hydrogens is 298 g/mol. The summed E-state index contributed by atoms with van der Waals surface area (Å²) in [4.78, 5) is 22.6. The van der Waals surface area contributed by atoms with Crippen LogP contribution in [0.3, 0.4) is 0 Å². The van der Waals surface area contributed by atoms with Gasteiger partial charge in [0.25, 0.3) is 0 Å². The van der Waals surface area contributed by atoms with Crippen molar-refractivity contribution >= 4 is 27.8 Å². The highest BCUT2D eigenvalue weighted by Gasteiger charge is 2.19. The normalized spacial score (nSPS) is 11.9. The second-order valence-electron chi connectivity index (χ2n) is 4.25. The summed E-state index contributed by atoms with van der Waals surface area (Å²) in [7, 11) is 0. The highest BCUT2D eigenvalue weighted by Crippen LogP contribution is 2.09. The van der Waals surface area contributed by atoms with Crippen molar-refractivity contribution in [2.75, 3.05) is 11.9 Å². The largest absolute Gasteiger partial charge is 0.464 e. The molecule has 0 aromatic heterocycles. The van der Waals surface area contributed by atoms with Crippen LogP contribution in [0.2, 0.25) is 0 Å². The first kappa shape index (κ1) is 17.4. The lowest BCUT2D eigenvalue weighted by atomic mass is 10.1. The average molecular weight is 322 g/mol. The minimum Gasteiger partial charge on any atom is -0.464 e. The molecule has 0 aliphatic heterocycles. The number of unbranched alkanes of at least 4 members (excludes halogenated alkanes) is 4. The van der Waals surface area contributed by atoms with Gasteiger partial charge in [0.05, 0.1) is 6.61 Å². The van der Waals surface area contributed by atoms with Crippen molar-refractivity contribution in [1.82, 2.24) is 5.32 Å². The van der Waals surface area contributed by atoms with Gasteiger partial charge in [-0.05, 0) is 19.8 Å². The summed E-state index contributed by atoms with van der Waals surface area (Å²) in [5.41, 5.74) is 0. The summed E-state index contributed by atoms with van der Waals surface area (Å²) in [6, 6.07) is -0.487. The SMILES string of the molecule is CCOC(=O)C(CCCCCCCBr)NC(C)=O. The molecule has 0 saturated carbocycles. The summed E-state index contributed by atoms with van der Waals surface area (Å²) in [6.45, 7) is 3.53. The molecule has 0 bridgehead atoms. The Morgan fingerprint density at radius 1 is 1.17 bits per heavy atom. The van der Waals surface area contributed by atoms with E-state index < -0.39 is 6.04 Å². The monoisotopic (exact) mass is 321 g/mol. The van der Waals surface area contributed by atoms with Crippen molar-refractivity contribution in [2.45, 2.75) is 58.4 Å². The Bertz CT molecular complexity index is 246. The number of hydrogen-bond acceptors (Lipinski definition) is 3. The van der Waals surface area contributed by atoms with E-state index in [4.69, 9.17) is 4.74 Å². The number of nitrogens with one attached hydrogen (secondary N) is 1. The Morgan fingerprint density at radius 2 is 1.78 bits per heavy atom. The zero-order valence-electron chi connectivity index (χ0n) is 11.3. The van der Waals surface area contributed by atoms with E-state index in [0.717, 1.165) is 18.2 Å². The van der Waals surface area contributed by atoms with Gasteiger partial charge in [-0.3, -0.25) is 4.79 Å². The Hall–Kier alpha value is -0.580. The van der Waals surface area contributed by atoms with Gasteiger partial charge in [0.2, 0.25) is 5.91 Å². The van der Waals surface area contributed by atoms with Crippen molar-refractivity contribution < 1.29 is 14.3 Å². The molecule has 0 heterocycles. The second-order valence-corrected chi connectivity index (χ2v) is 5.04. The number of esters is 1. The first-order valence-corrected chi connectivity index (χ1v) is 7.73. The van der Waals surface area contributed by atoms with Crippen LogP contribution in [0.1, 0.15) is 52.4 Å². The Balaban J connectivity index is 3.86. The van der Waals surface area contributed by atoms with Gasteiger partial charge in [-0.2, -0.15) is 0 Å². The number of hydrogen-bond donors (Lipinski definition) is 1. The molecule has 0 rings (SSSR count). The lowest BCUT2D eigenvalue weighted by molar-refractivity contribution is -0.147. The second kappa shape index (κ2) is 11.5. The zero-order valence-corrected chi connectivity index (χ0v) is 12.9. The molecule has 18 heavy (non-hydrogen) atoms. The number of halogens is 1. The Morgan fingerprint density at radius 3 is 2.33 bits per heavy atom. The smallest absolute Gasteiger partial charge is 0.328 e. The molecular formula is C13H24BrNO3. The predicted octanol–water partition coefficient (Wildman–Crippen LogP) is 2.79. The van der Waals surface area contributed by atoms with Crippen molar-refractivity contribution in [2.24, 2.45) is 0 Å². The summed E-state index contributed by atoms with van der Waals surface area (Å²) in [5.74, 6) is -0.513. The maximum Gasteiger partial charge on any atom is 0.328 e. The van der Waals surface area contributed by atoms with E-state index in [2.05, 4.69) is 21.2 Å². The predicted molar refractivity (Wildman–Crippen MR) is 75.7 cm³/mol. The third-order valence-electron chi connectivity index (χ3n) is 2.58. The maximum absolute atomic E-state index is 11.6. The lowest BCUT2D eigenvalue weighted by Crippen LogP contribution is -2.40. The standard InChI is InChI=1S/C13H24BrNO3/c1-3-18-13(17)12(15-11(2)16)9-7-5-4-6-8-10-14/h12H,3-10H2,1-2H3,(H,15,16). The molecule has 4 nitrogen and oxygen atoms in total.